The van der Waals surface area contributed by atoms with Crippen molar-refractivity contribution in [1.29, 1.82) is 0 Å². The van der Waals surface area contributed by atoms with Gasteiger partial charge in [-0.05, 0) is 36.9 Å². The fraction of sp³-hybridized carbons (Fsp3) is 0.500. The average molecular weight is 286 g/mol. The zero-order chi connectivity index (χ0) is 15.1. The first-order chi connectivity index (χ1) is 10.3. The Morgan fingerprint density at radius 3 is 2.62 bits per heavy atom. The van der Waals surface area contributed by atoms with Crippen molar-refractivity contribution in [3.63, 3.8) is 0 Å². The normalized spacial score (nSPS) is 16.1. The largest absolute Gasteiger partial charge is 0.352 e. The minimum atomic E-state index is 0.108. The highest BCUT2D eigenvalue weighted by Gasteiger charge is 2.23. The fourth-order valence-corrected chi connectivity index (χ4v) is 2.84. The molecule has 1 N–H and O–H groups in total. The van der Waals surface area contributed by atoms with Crippen LogP contribution in [0.5, 0.6) is 0 Å². The van der Waals surface area contributed by atoms with Crippen LogP contribution in [0.2, 0.25) is 0 Å². The topological polar surface area (TPSA) is 32.3 Å². The van der Waals surface area contributed by atoms with Gasteiger partial charge in [-0.2, -0.15) is 0 Å². The third-order valence-corrected chi connectivity index (χ3v) is 3.90. The molecule has 0 atom stereocenters. The highest BCUT2D eigenvalue weighted by Crippen LogP contribution is 2.27. The Balaban J connectivity index is 2.26. The SMILES string of the molecule is CCCNC(=O)C1=C(c2ccccc2)CCN(CCC)C1. The number of hydrogen-bond acceptors (Lipinski definition) is 2. The van der Waals surface area contributed by atoms with Crippen LogP contribution in [0.1, 0.15) is 38.7 Å². The molecular formula is C18H26N2O. The Kier molecular flexibility index (Phi) is 6.00. The number of nitrogens with zero attached hydrogens (tertiary/aromatic N) is 1. The smallest absolute Gasteiger partial charge is 0.248 e. The third kappa shape index (κ3) is 4.18. The van der Waals surface area contributed by atoms with Crippen molar-refractivity contribution in [2.24, 2.45) is 0 Å². The minimum absolute atomic E-state index is 0.108. The monoisotopic (exact) mass is 286 g/mol. The van der Waals surface area contributed by atoms with Crippen LogP contribution in [-0.2, 0) is 4.79 Å². The van der Waals surface area contributed by atoms with Gasteiger partial charge in [0.2, 0.25) is 5.91 Å². The summed E-state index contributed by atoms with van der Waals surface area (Å²) in [5, 5.41) is 3.04. The Morgan fingerprint density at radius 2 is 1.95 bits per heavy atom. The second-order valence-electron chi connectivity index (χ2n) is 5.61. The molecule has 114 valence electrons. The molecule has 0 aliphatic carbocycles. The van der Waals surface area contributed by atoms with Crippen LogP contribution in [0.25, 0.3) is 5.57 Å². The van der Waals surface area contributed by atoms with Crippen LogP contribution >= 0.6 is 0 Å². The summed E-state index contributed by atoms with van der Waals surface area (Å²) >= 11 is 0. The molecule has 0 spiro atoms. The summed E-state index contributed by atoms with van der Waals surface area (Å²) in [6.07, 6.45) is 3.06. The molecule has 1 aromatic rings. The van der Waals surface area contributed by atoms with Gasteiger partial charge in [0.25, 0.3) is 0 Å². The highest BCUT2D eigenvalue weighted by atomic mass is 16.1. The molecule has 3 nitrogen and oxygen atoms in total. The van der Waals surface area contributed by atoms with E-state index in [1.807, 2.05) is 18.2 Å². The molecular weight excluding hydrogens is 260 g/mol. The molecule has 1 aromatic carbocycles. The number of nitrogens with one attached hydrogen (secondary N) is 1. The van der Waals surface area contributed by atoms with Gasteiger partial charge in [-0.25, -0.2) is 0 Å². The van der Waals surface area contributed by atoms with Crippen molar-refractivity contribution < 1.29 is 4.79 Å². The molecule has 0 saturated carbocycles. The first kappa shape index (κ1) is 15.8. The lowest BCUT2D eigenvalue weighted by Gasteiger charge is -2.30. The van der Waals surface area contributed by atoms with E-state index < -0.39 is 0 Å². The minimum Gasteiger partial charge on any atom is -0.352 e. The van der Waals surface area contributed by atoms with E-state index in [4.69, 9.17) is 0 Å². The molecule has 0 bridgehead atoms. The van der Waals surface area contributed by atoms with Gasteiger partial charge in [0.1, 0.15) is 0 Å². The van der Waals surface area contributed by atoms with Crippen molar-refractivity contribution in [1.82, 2.24) is 10.2 Å². The maximum atomic E-state index is 12.5. The predicted octanol–water partition coefficient (Wildman–Crippen LogP) is 3.08. The van der Waals surface area contributed by atoms with E-state index >= 15 is 0 Å². The number of carbonyl (C=O) groups excluding carboxylic acids is 1. The number of carbonyl (C=O) groups is 1. The van der Waals surface area contributed by atoms with Crippen molar-refractivity contribution >= 4 is 11.5 Å². The van der Waals surface area contributed by atoms with Crippen molar-refractivity contribution in [2.45, 2.75) is 33.1 Å². The predicted molar refractivity (Wildman–Crippen MR) is 88.0 cm³/mol. The maximum absolute atomic E-state index is 12.5. The lowest BCUT2D eigenvalue weighted by Crippen LogP contribution is -2.38. The van der Waals surface area contributed by atoms with Gasteiger partial charge < -0.3 is 5.32 Å². The Morgan fingerprint density at radius 1 is 1.19 bits per heavy atom. The van der Waals surface area contributed by atoms with Gasteiger partial charge in [-0.1, -0.05) is 44.2 Å². The van der Waals surface area contributed by atoms with Crippen molar-refractivity contribution in [3.8, 4) is 0 Å². The zero-order valence-electron chi connectivity index (χ0n) is 13.2. The summed E-state index contributed by atoms with van der Waals surface area (Å²) in [5.74, 6) is 0.108. The van der Waals surface area contributed by atoms with E-state index in [9.17, 15) is 4.79 Å². The van der Waals surface area contributed by atoms with Crippen LogP contribution in [0.4, 0.5) is 0 Å². The second-order valence-corrected chi connectivity index (χ2v) is 5.61. The van der Waals surface area contributed by atoms with E-state index in [0.29, 0.717) is 0 Å². The molecule has 21 heavy (non-hydrogen) atoms. The molecule has 0 fully saturated rings. The van der Waals surface area contributed by atoms with Gasteiger partial charge in [0.15, 0.2) is 0 Å². The quantitative estimate of drug-likeness (QED) is 0.871. The average Bonchev–Trinajstić information content (AvgIpc) is 2.53. The Hall–Kier alpha value is -1.61. The molecule has 0 saturated heterocycles. The molecule has 1 aliphatic heterocycles. The molecule has 0 unspecified atom stereocenters. The molecule has 0 aromatic heterocycles. The Bertz CT molecular complexity index is 493. The number of amides is 1. The number of hydrogen-bond donors (Lipinski definition) is 1. The summed E-state index contributed by atoms with van der Waals surface area (Å²) in [6, 6.07) is 10.3. The number of rotatable bonds is 6. The molecule has 2 rings (SSSR count). The summed E-state index contributed by atoms with van der Waals surface area (Å²) in [5.41, 5.74) is 3.36. The molecule has 1 aliphatic rings. The summed E-state index contributed by atoms with van der Waals surface area (Å²) in [4.78, 5) is 14.9. The van der Waals surface area contributed by atoms with Gasteiger partial charge in [-0.3, -0.25) is 9.69 Å². The fourth-order valence-electron chi connectivity index (χ4n) is 2.84. The zero-order valence-corrected chi connectivity index (χ0v) is 13.2. The standard InChI is InChI=1S/C18H26N2O/c1-3-11-19-18(21)17-14-20(12-4-2)13-10-16(17)15-8-6-5-7-9-15/h5-9H,3-4,10-14H2,1-2H3,(H,19,21). The van der Waals surface area contributed by atoms with Gasteiger partial charge in [-0.15, -0.1) is 0 Å². The summed E-state index contributed by atoms with van der Waals surface area (Å²) < 4.78 is 0. The van der Waals surface area contributed by atoms with E-state index in [1.165, 1.54) is 11.1 Å². The van der Waals surface area contributed by atoms with E-state index in [1.54, 1.807) is 0 Å². The van der Waals surface area contributed by atoms with Gasteiger partial charge in [0.05, 0.1) is 0 Å². The molecule has 1 heterocycles. The van der Waals surface area contributed by atoms with E-state index in [2.05, 4.69) is 36.2 Å². The van der Waals surface area contributed by atoms with Gasteiger partial charge in [0, 0.05) is 25.2 Å². The van der Waals surface area contributed by atoms with E-state index in [-0.39, 0.29) is 5.91 Å². The van der Waals surface area contributed by atoms with Crippen LogP contribution in [-0.4, -0.2) is 37.0 Å². The van der Waals surface area contributed by atoms with Crippen LogP contribution in [0.3, 0.4) is 0 Å². The lowest BCUT2D eigenvalue weighted by molar-refractivity contribution is -0.117. The maximum Gasteiger partial charge on any atom is 0.248 e. The first-order valence-corrected chi connectivity index (χ1v) is 8.04. The van der Waals surface area contributed by atoms with Crippen molar-refractivity contribution in [3.05, 3.63) is 41.5 Å². The van der Waals surface area contributed by atoms with E-state index in [0.717, 1.165) is 51.0 Å². The van der Waals surface area contributed by atoms with Crippen molar-refractivity contribution in [2.75, 3.05) is 26.2 Å². The van der Waals surface area contributed by atoms with Crippen LogP contribution < -0.4 is 5.32 Å². The van der Waals surface area contributed by atoms with Gasteiger partial charge >= 0.3 is 0 Å². The Labute approximate surface area is 128 Å². The molecule has 1 amide bonds. The molecule has 0 radical (unpaired) electrons. The first-order valence-electron chi connectivity index (χ1n) is 8.04. The second kappa shape index (κ2) is 7.99. The summed E-state index contributed by atoms with van der Waals surface area (Å²) in [6.45, 7) is 7.89. The lowest BCUT2D eigenvalue weighted by atomic mass is 9.92. The van der Waals surface area contributed by atoms with Crippen LogP contribution in [0.15, 0.2) is 35.9 Å². The third-order valence-electron chi connectivity index (χ3n) is 3.90. The molecule has 3 heteroatoms. The number of benzene rings is 1. The summed E-state index contributed by atoms with van der Waals surface area (Å²) in [7, 11) is 0. The van der Waals surface area contributed by atoms with Crippen LogP contribution in [0, 0.1) is 0 Å². The highest BCUT2D eigenvalue weighted by molar-refractivity contribution is 6.02.